The zero-order valence-corrected chi connectivity index (χ0v) is 12.0. The van der Waals surface area contributed by atoms with Gasteiger partial charge in [0.1, 0.15) is 11.6 Å². The van der Waals surface area contributed by atoms with Gasteiger partial charge in [-0.05, 0) is 57.4 Å². The van der Waals surface area contributed by atoms with E-state index >= 15 is 0 Å². The number of benzene rings is 2. The topological polar surface area (TPSA) is 20.2 Å². The maximum Gasteiger partial charge on any atom is 0.137 e. The lowest BCUT2D eigenvalue weighted by Crippen LogP contribution is -2.02. The molecule has 1 nitrogen and oxygen atoms in total. The fourth-order valence-corrected chi connectivity index (χ4v) is 2.43. The second-order valence-electron chi connectivity index (χ2n) is 4.17. The van der Waals surface area contributed by atoms with E-state index in [9.17, 15) is 13.9 Å². The van der Waals surface area contributed by atoms with E-state index in [1.165, 1.54) is 24.3 Å². The Kier molecular flexibility index (Phi) is 4.55. The first-order valence-corrected chi connectivity index (χ1v) is 6.71. The van der Waals surface area contributed by atoms with Crippen molar-refractivity contribution in [3.8, 4) is 0 Å². The first kappa shape index (κ1) is 14.4. The Morgan fingerprint density at radius 3 is 2.53 bits per heavy atom. The summed E-state index contributed by atoms with van der Waals surface area (Å²) in [7, 11) is 0. The van der Waals surface area contributed by atoms with Crippen LogP contribution in [-0.4, -0.2) is 5.11 Å². The Morgan fingerprint density at radius 1 is 1.16 bits per heavy atom. The molecule has 1 atom stereocenters. The third-order valence-corrected chi connectivity index (χ3v) is 3.51. The Labute approximate surface area is 123 Å². The molecule has 1 N–H and O–H groups in total. The van der Waals surface area contributed by atoms with Crippen molar-refractivity contribution in [3.63, 3.8) is 0 Å². The van der Waals surface area contributed by atoms with Gasteiger partial charge in [-0.3, -0.25) is 0 Å². The van der Waals surface area contributed by atoms with Gasteiger partial charge in [0.2, 0.25) is 0 Å². The molecule has 0 bridgehead atoms. The van der Waals surface area contributed by atoms with Crippen molar-refractivity contribution in [2.75, 3.05) is 0 Å². The molecule has 0 saturated carbocycles. The molecule has 0 aliphatic heterocycles. The predicted octanol–water partition coefficient (Wildman–Crippen LogP) is 4.66. The summed E-state index contributed by atoms with van der Waals surface area (Å²) in [6, 6.07) is 8.38. The van der Waals surface area contributed by atoms with Crippen molar-refractivity contribution in [1.82, 2.24) is 0 Å². The van der Waals surface area contributed by atoms with Gasteiger partial charge >= 0.3 is 0 Å². The summed E-state index contributed by atoms with van der Waals surface area (Å²) in [4.78, 5) is 0. The van der Waals surface area contributed by atoms with Gasteiger partial charge in [0.25, 0.3) is 0 Å². The number of hydrogen-bond acceptors (Lipinski definition) is 1. The molecular weight excluding hydrogens is 338 g/mol. The van der Waals surface area contributed by atoms with Crippen molar-refractivity contribution in [3.05, 3.63) is 68.7 Å². The van der Waals surface area contributed by atoms with Crippen LogP contribution in [-0.2, 0) is 6.42 Å². The molecule has 2 aromatic carbocycles. The Balaban J connectivity index is 2.20. The van der Waals surface area contributed by atoms with Crippen LogP contribution in [0.2, 0.25) is 5.02 Å². The van der Waals surface area contributed by atoms with Crippen molar-refractivity contribution in [2.45, 2.75) is 12.5 Å². The van der Waals surface area contributed by atoms with E-state index < -0.39 is 11.9 Å². The first-order valence-electron chi connectivity index (χ1n) is 5.53. The first-order chi connectivity index (χ1) is 8.95. The summed E-state index contributed by atoms with van der Waals surface area (Å²) < 4.78 is 26.6. The normalized spacial score (nSPS) is 12.5. The van der Waals surface area contributed by atoms with Gasteiger partial charge < -0.3 is 5.11 Å². The Morgan fingerprint density at radius 2 is 1.89 bits per heavy atom. The van der Waals surface area contributed by atoms with E-state index in [-0.39, 0.29) is 17.3 Å². The summed E-state index contributed by atoms with van der Waals surface area (Å²) in [6.07, 6.45) is -0.649. The number of aliphatic hydroxyl groups excluding tert-OH is 1. The van der Waals surface area contributed by atoms with Gasteiger partial charge in [-0.1, -0.05) is 17.7 Å². The van der Waals surface area contributed by atoms with E-state index in [1.54, 1.807) is 12.1 Å². The molecule has 2 aromatic rings. The molecule has 0 radical (unpaired) electrons. The van der Waals surface area contributed by atoms with Crippen LogP contribution in [0.1, 0.15) is 17.2 Å². The zero-order chi connectivity index (χ0) is 14.0. The molecule has 0 amide bonds. The third kappa shape index (κ3) is 3.75. The highest BCUT2D eigenvalue weighted by molar-refractivity contribution is 9.10. The van der Waals surface area contributed by atoms with Crippen LogP contribution in [0.15, 0.2) is 40.9 Å². The van der Waals surface area contributed by atoms with Crippen LogP contribution in [0, 0.1) is 11.6 Å². The molecule has 0 fully saturated rings. The number of rotatable bonds is 3. The lowest BCUT2D eigenvalue weighted by atomic mass is 10.0. The largest absolute Gasteiger partial charge is 0.388 e. The summed E-state index contributed by atoms with van der Waals surface area (Å²) in [6.45, 7) is 0. The van der Waals surface area contributed by atoms with Crippen LogP contribution in [0.4, 0.5) is 8.78 Å². The monoisotopic (exact) mass is 346 g/mol. The molecule has 19 heavy (non-hydrogen) atoms. The van der Waals surface area contributed by atoms with Gasteiger partial charge in [0, 0.05) is 11.4 Å². The van der Waals surface area contributed by atoms with Crippen molar-refractivity contribution in [1.29, 1.82) is 0 Å². The van der Waals surface area contributed by atoms with Gasteiger partial charge in [0.15, 0.2) is 0 Å². The van der Waals surface area contributed by atoms with Crippen molar-refractivity contribution >= 4 is 27.5 Å². The fourth-order valence-electron chi connectivity index (χ4n) is 1.78. The molecule has 0 heterocycles. The van der Waals surface area contributed by atoms with Gasteiger partial charge in [-0.25, -0.2) is 8.78 Å². The zero-order valence-electron chi connectivity index (χ0n) is 9.71. The predicted molar refractivity (Wildman–Crippen MR) is 74.2 cm³/mol. The summed E-state index contributed by atoms with van der Waals surface area (Å²) >= 11 is 8.81. The van der Waals surface area contributed by atoms with Crippen LogP contribution in [0.25, 0.3) is 0 Å². The second-order valence-corrected chi connectivity index (χ2v) is 5.46. The summed E-state index contributed by atoms with van der Waals surface area (Å²) in [5, 5.41) is 10.3. The minimum absolute atomic E-state index is 0.231. The smallest absolute Gasteiger partial charge is 0.137 e. The minimum atomic E-state index is -0.898. The van der Waals surface area contributed by atoms with Crippen molar-refractivity contribution in [2.24, 2.45) is 0 Å². The second kappa shape index (κ2) is 5.99. The highest BCUT2D eigenvalue weighted by atomic mass is 79.9. The quantitative estimate of drug-likeness (QED) is 0.856. The summed E-state index contributed by atoms with van der Waals surface area (Å²) in [5.74, 6) is -0.867. The molecule has 100 valence electrons. The number of halogens is 4. The van der Waals surface area contributed by atoms with E-state index in [4.69, 9.17) is 11.6 Å². The average Bonchev–Trinajstić information content (AvgIpc) is 2.32. The average molecular weight is 348 g/mol. The van der Waals surface area contributed by atoms with Crippen LogP contribution in [0.5, 0.6) is 0 Å². The van der Waals surface area contributed by atoms with Crippen LogP contribution >= 0.6 is 27.5 Å². The highest BCUT2D eigenvalue weighted by Gasteiger charge is 2.12. The van der Waals surface area contributed by atoms with Crippen molar-refractivity contribution < 1.29 is 13.9 Å². The van der Waals surface area contributed by atoms with E-state index in [1.807, 2.05) is 0 Å². The SMILES string of the molecule is OC(Cc1ccc(F)c(Br)c1)c1cc(F)cc(Cl)c1. The lowest BCUT2D eigenvalue weighted by Gasteiger charge is -2.12. The third-order valence-electron chi connectivity index (χ3n) is 2.68. The summed E-state index contributed by atoms with van der Waals surface area (Å²) in [5.41, 5.74) is 1.13. The van der Waals surface area contributed by atoms with E-state index in [0.717, 1.165) is 5.56 Å². The molecule has 5 heteroatoms. The molecule has 0 spiro atoms. The molecule has 2 rings (SSSR count). The van der Waals surface area contributed by atoms with Crippen LogP contribution in [0.3, 0.4) is 0 Å². The van der Waals surface area contributed by atoms with Gasteiger partial charge in [-0.2, -0.15) is 0 Å². The molecule has 0 aliphatic carbocycles. The Hall–Kier alpha value is -0.970. The fraction of sp³-hybridized carbons (Fsp3) is 0.143. The van der Waals surface area contributed by atoms with E-state index in [0.29, 0.717) is 10.0 Å². The number of hydrogen-bond donors (Lipinski definition) is 1. The maximum absolute atomic E-state index is 13.2. The molecule has 0 aliphatic rings. The highest BCUT2D eigenvalue weighted by Crippen LogP contribution is 2.25. The molecule has 0 aromatic heterocycles. The molecule has 0 saturated heterocycles. The molecule has 1 unspecified atom stereocenters. The molecular formula is C14H10BrClF2O. The maximum atomic E-state index is 13.2. The Bertz CT molecular complexity index is 584. The van der Waals surface area contributed by atoms with Crippen LogP contribution < -0.4 is 0 Å². The standard InChI is InChI=1S/C14H10BrClF2O/c15-12-3-8(1-2-13(12)18)4-14(19)9-5-10(16)7-11(17)6-9/h1-3,5-7,14,19H,4H2. The van der Waals surface area contributed by atoms with E-state index in [2.05, 4.69) is 15.9 Å². The number of aliphatic hydroxyl groups is 1. The van der Waals surface area contributed by atoms with Gasteiger partial charge in [-0.15, -0.1) is 0 Å². The minimum Gasteiger partial charge on any atom is -0.388 e. The lowest BCUT2D eigenvalue weighted by molar-refractivity contribution is 0.178. The van der Waals surface area contributed by atoms with Gasteiger partial charge in [0.05, 0.1) is 10.6 Å².